The third kappa shape index (κ3) is 6.69. The van der Waals surface area contributed by atoms with Crippen LogP contribution in [0.5, 0.6) is 0 Å². The zero-order chi connectivity index (χ0) is 24.5. The maximum Gasteiger partial charge on any atom is 0.272 e. The minimum Gasteiger partial charge on any atom is -0.321 e. The SMILES string of the molecule is O=C(Nc1ccc(C(=O)/C=C/c2cccnc2)cc1)/C(=C/c1cccs1)NC(=O)c1ccccc1. The number of rotatable bonds is 8. The zero-order valence-corrected chi connectivity index (χ0v) is 19.4. The number of pyridine rings is 1. The van der Waals surface area contributed by atoms with Crippen molar-refractivity contribution in [2.75, 3.05) is 5.32 Å². The molecule has 172 valence electrons. The molecule has 4 rings (SSSR count). The Bertz CT molecular complexity index is 1360. The van der Waals surface area contributed by atoms with Crippen LogP contribution in [0.4, 0.5) is 5.69 Å². The molecule has 0 saturated carbocycles. The Balaban J connectivity index is 1.46. The van der Waals surface area contributed by atoms with E-state index in [1.54, 1.807) is 79.1 Å². The lowest BCUT2D eigenvalue weighted by molar-refractivity contribution is -0.113. The van der Waals surface area contributed by atoms with E-state index < -0.39 is 5.91 Å². The van der Waals surface area contributed by atoms with Crippen molar-refractivity contribution in [1.29, 1.82) is 0 Å². The van der Waals surface area contributed by atoms with Crippen LogP contribution in [0, 0.1) is 0 Å². The van der Waals surface area contributed by atoms with Crippen LogP contribution in [0.3, 0.4) is 0 Å². The Kier molecular flexibility index (Phi) is 7.73. The van der Waals surface area contributed by atoms with Gasteiger partial charge in [0.1, 0.15) is 5.70 Å². The van der Waals surface area contributed by atoms with Crippen LogP contribution >= 0.6 is 11.3 Å². The number of nitrogens with one attached hydrogen (secondary N) is 2. The van der Waals surface area contributed by atoms with E-state index in [1.807, 2.05) is 29.6 Å². The van der Waals surface area contributed by atoms with Gasteiger partial charge in [0, 0.05) is 34.1 Å². The first kappa shape index (κ1) is 23.5. The van der Waals surface area contributed by atoms with Gasteiger partial charge in [0.2, 0.25) is 0 Å². The van der Waals surface area contributed by atoms with Gasteiger partial charge >= 0.3 is 0 Å². The smallest absolute Gasteiger partial charge is 0.272 e. The summed E-state index contributed by atoms with van der Waals surface area (Å²) in [4.78, 5) is 42.9. The lowest BCUT2D eigenvalue weighted by Crippen LogP contribution is -2.30. The number of amides is 2. The molecule has 0 aliphatic rings. The normalized spacial score (nSPS) is 11.3. The predicted molar refractivity (Wildman–Crippen MR) is 139 cm³/mol. The Morgan fingerprint density at radius 1 is 0.829 bits per heavy atom. The van der Waals surface area contributed by atoms with Gasteiger partial charge in [0.15, 0.2) is 5.78 Å². The summed E-state index contributed by atoms with van der Waals surface area (Å²) < 4.78 is 0. The monoisotopic (exact) mass is 479 g/mol. The first-order valence-electron chi connectivity index (χ1n) is 10.7. The number of thiophene rings is 1. The quantitative estimate of drug-likeness (QED) is 0.260. The molecule has 6 nitrogen and oxygen atoms in total. The fraction of sp³-hybridized carbons (Fsp3) is 0. The lowest BCUT2D eigenvalue weighted by Gasteiger charge is -2.11. The molecule has 4 aromatic rings. The highest BCUT2D eigenvalue weighted by Gasteiger charge is 2.15. The Morgan fingerprint density at radius 2 is 1.63 bits per heavy atom. The summed E-state index contributed by atoms with van der Waals surface area (Å²) in [6.45, 7) is 0. The van der Waals surface area contributed by atoms with Gasteiger partial charge in [0.05, 0.1) is 0 Å². The fourth-order valence-corrected chi connectivity index (χ4v) is 3.77. The maximum absolute atomic E-state index is 13.0. The van der Waals surface area contributed by atoms with E-state index >= 15 is 0 Å². The van der Waals surface area contributed by atoms with Crippen molar-refractivity contribution in [3.63, 3.8) is 0 Å². The predicted octanol–water partition coefficient (Wildman–Crippen LogP) is 5.45. The van der Waals surface area contributed by atoms with Crippen molar-refractivity contribution in [2.45, 2.75) is 0 Å². The van der Waals surface area contributed by atoms with E-state index in [9.17, 15) is 14.4 Å². The number of nitrogens with zero attached hydrogens (tertiary/aromatic N) is 1. The molecule has 35 heavy (non-hydrogen) atoms. The summed E-state index contributed by atoms with van der Waals surface area (Å²) in [5, 5.41) is 7.37. The molecule has 2 N–H and O–H groups in total. The van der Waals surface area contributed by atoms with Gasteiger partial charge in [0.25, 0.3) is 11.8 Å². The van der Waals surface area contributed by atoms with Gasteiger partial charge in [-0.1, -0.05) is 30.3 Å². The summed E-state index contributed by atoms with van der Waals surface area (Å²) in [5.41, 5.74) is 2.36. The molecule has 0 radical (unpaired) electrons. The number of hydrogen-bond donors (Lipinski definition) is 2. The molecule has 0 aliphatic heterocycles. The van der Waals surface area contributed by atoms with Gasteiger partial charge in [-0.2, -0.15) is 0 Å². The van der Waals surface area contributed by atoms with Gasteiger partial charge < -0.3 is 10.6 Å². The van der Waals surface area contributed by atoms with Gasteiger partial charge in [-0.05, 0) is 77.7 Å². The number of allylic oxidation sites excluding steroid dienone is 1. The van der Waals surface area contributed by atoms with E-state index in [0.29, 0.717) is 16.8 Å². The first-order chi connectivity index (χ1) is 17.1. The number of carbonyl (C=O) groups is 3. The molecule has 2 heterocycles. The minimum absolute atomic E-state index is 0.112. The van der Waals surface area contributed by atoms with Crippen molar-refractivity contribution in [1.82, 2.24) is 10.3 Å². The van der Waals surface area contributed by atoms with Gasteiger partial charge in [-0.3, -0.25) is 19.4 Å². The topological polar surface area (TPSA) is 88.2 Å². The van der Waals surface area contributed by atoms with Crippen molar-refractivity contribution < 1.29 is 14.4 Å². The molecular weight excluding hydrogens is 458 g/mol. The second kappa shape index (κ2) is 11.5. The maximum atomic E-state index is 13.0. The Hall–Kier alpha value is -4.62. The van der Waals surface area contributed by atoms with Crippen LogP contribution in [0.1, 0.15) is 31.2 Å². The number of benzene rings is 2. The summed E-state index contributed by atoms with van der Waals surface area (Å²) in [5.74, 6) is -1.02. The van der Waals surface area contributed by atoms with Crippen LogP contribution in [-0.4, -0.2) is 22.6 Å². The van der Waals surface area contributed by atoms with Crippen molar-refractivity contribution in [3.05, 3.63) is 130 Å². The summed E-state index contributed by atoms with van der Waals surface area (Å²) in [7, 11) is 0. The molecule has 0 bridgehead atoms. The molecule has 0 spiro atoms. The van der Waals surface area contributed by atoms with Crippen LogP contribution in [0.15, 0.2) is 108 Å². The highest BCUT2D eigenvalue weighted by atomic mass is 32.1. The van der Waals surface area contributed by atoms with Crippen LogP contribution in [0.25, 0.3) is 12.2 Å². The Morgan fingerprint density at radius 3 is 2.31 bits per heavy atom. The van der Waals surface area contributed by atoms with E-state index in [4.69, 9.17) is 0 Å². The molecule has 0 fully saturated rings. The molecule has 2 aromatic carbocycles. The van der Waals surface area contributed by atoms with Gasteiger partial charge in [-0.15, -0.1) is 11.3 Å². The molecule has 2 amide bonds. The number of anilines is 1. The average molecular weight is 480 g/mol. The van der Waals surface area contributed by atoms with Gasteiger partial charge in [-0.25, -0.2) is 0 Å². The molecule has 0 aliphatic carbocycles. The first-order valence-corrected chi connectivity index (χ1v) is 11.6. The lowest BCUT2D eigenvalue weighted by atomic mass is 10.1. The van der Waals surface area contributed by atoms with Crippen LogP contribution < -0.4 is 10.6 Å². The van der Waals surface area contributed by atoms with E-state index in [2.05, 4.69) is 15.6 Å². The third-order valence-corrected chi connectivity index (χ3v) is 5.72. The highest BCUT2D eigenvalue weighted by molar-refractivity contribution is 7.10. The molecular formula is C28H21N3O3S. The number of hydrogen-bond acceptors (Lipinski definition) is 5. The summed E-state index contributed by atoms with van der Waals surface area (Å²) in [6, 6.07) is 22.6. The molecule has 7 heteroatoms. The van der Waals surface area contributed by atoms with Crippen LogP contribution in [0.2, 0.25) is 0 Å². The largest absolute Gasteiger partial charge is 0.321 e. The van der Waals surface area contributed by atoms with E-state index in [-0.39, 0.29) is 17.4 Å². The summed E-state index contributed by atoms with van der Waals surface area (Å²) in [6.07, 6.45) is 8.14. The molecule has 0 unspecified atom stereocenters. The van der Waals surface area contributed by atoms with Crippen LogP contribution in [-0.2, 0) is 4.79 Å². The van der Waals surface area contributed by atoms with E-state index in [0.717, 1.165) is 10.4 Å². The van der Waals surface area contributed by atoms with Crippen molar-refractivity contribution in [2.24, 2.45) is 0 Å². The highest BCUT2D eigenvalue weighted by Crippen LogP contribution is 2.16. The van der Waals surface area contributed by atoms with Crippen molar-refractivity contribution in [3.8, 4) is 0 Å². The second-order valence-electron chi connectivity index (χ2n) is 7.41. The molecule has 0 atom stereocenters. The molecule has 2 aromatic heterocycles. The Labute approximate surface area is 206 Å². The second-order valence-corrected chi connectivity index (χ2v) is 8.39. The average Bonchev–Trinajstić information content (AvgIpc) is 3.41. The molecule has 0 saturated heterocycles. The standard InChI is InChI=1S/C28H21N3O3S/c32-26(15-10-20-6-4-16-29-19-20)21-11-13-23(14-12-21)30-28(34)25(18-24-9-5-17-35-24)31-27(33)22-7-2-1-3-8-22/h1-19H,(H,30,34)(H,31,33)/b15-10+,25-18-. The summed E-state index contributed by atoms with van der Waals surface area (Å²) >= 11 is 1.45. The minimum atomic E-state index is -0.474. The van der Waals surface area contributed by atoms with E-state index in [1.165, 1.54) is 17.4 Å². The number of carbonyl (C=O) groups excluding carboxylic acids is 3. The van der Waals surface area contributed by atoms with Crippen molar-refractivity contribution >= 4 is 46.8 Å². The fourth-order valence-electron chi connectivity index (χ4n) is 3.12. The zero-order valence-electron chi connectivity index (χ0n) is 18.5. The third-order valence-electron chi connectivity index (χ3n) is 4.90. The number of ketones is 1. The number of aromatic nitrogens is 1.